The van der Waals surface area contributed by atoms with E-state index in [0.717, 1.165) is 25.7 Å². The molecule has 0 bridgehead atoms. The van der Waals surface area contributed by atoms with Crippen molar-refractivity contribution in [3.63, 3.8) is 0 Å². The molecule has 1 rings (SSSR count). The molecule has 1 aromatic carbocycles. The molecule has 0 atom stereocenters. The standard InChI is InChI=1S/C13H19N3O3/c1-2-3-4-5-8-15-11-7-6-10(13(14)17)9-12(11)16(18)19/h6-7,9,15H,2-5,8H2,1H3,(H2,14,17). The van der Waals surface area contributed by atoms with Crippen LogP contribution < -0.4 is 11.1 Å². The third kappa shape index (κ3) is 4.57. The monoisotopic (exact) mass is 265 g/mol. The number of nitro groups is 1. The molecule has 0 aliphatic rings. The minimum atomic E-state index is -0.669. The number of carbonyl (C=O) groups excluding carboxylic acids is 1. The molecule has 6 nitrogen and oxygen atoms in total. The van der Waals surface area contributed by atoms with Gasteiger partial charge >= 0.3 is 0 Å². The van der Waals surface area contributed by atoms with Crippen molar-refractivity contribution in [3.05, 3.63) is 33.9 Å². The van der Waals surface area contributed by atoms with Crippen LogP contribution in [-0.4, -0.2) is 17.4 Å². The topological polar surface area (TPSA) is 98.3 Å². The van der Waals surface area contributed by atoms with Gasteiger partial charge in [0.25, 0.3) is 5.69 Å². The number of anilines is 1. The Kier molecular flexibility index (Phi) is 5.78. The fourth-order valence-electron chi connectivity index (χ4n) is 1.76. The molecule has 0 aromatic heterocycles. The number of rotatable bonds is 8. The van der Waals surface area contributed by atoms with Crippen molar-refractivity contribution in [1.82, 2.24) is 0 Å². The molecule has 1 aromatic rings. The Morgan fingerprint density at radius 1 is 1.37 bits per heavy atom. The molecular formula is C13H19N3O3. The molecule has 3 N–H and O–H groups in total. The maximum atomic E-state index is 11.0. The summed E-state index contributed by atoms with van der Waals surface area (Å²) in [6.45, 7) is 2.80. The van der Waals surface area contributed by atoms with E-state index in [1.807, 2.05) is 0 Å². The number of hydrogen-bond acceptors (Lipinski definition) is 4. The lowest BCUT2D eigenvalue weighted by molar-refractivity contribution is -0.384. The molecule has 6 heteroatoms. The third-order valence-electron chi connectivity index (χ3n) is 2.82. The first kappa shape index (κ1) is 14.9. The number of nitrogens with zero attached hydrogens (tertiary/aromatic N) is 1. The zero-order valence-corrected chi connectivity index (χ0v) is 11.0. The highest BCUT2D eigenvalue weighted by Gasteiger charge is 2.15. The van der Waals surface area contributed by atoms with Gasteiger partial charge in [-0.2, -0.15) is 0 Å². The molecule has 0 heterocycles. The lowest BCUT2D eigenvalue weighted by atomic mass is 10.1. The first-order valence-corrected chi connectivity index (χ1v) is 6.38. The Hall–Kier alpha value is -2.11. The number of primary amides is 1. The molecule has 0 aliphatic heterocycles. The predicted octanol–water partition coefficient (Wildman–Crippen LogP) is 2.69. The van der Waals surface area contributed by atoms with Gasteiger partial charge in [0.05, 0.1) is 4.92 Å². The van der Waals surface area contributed by atoms with Crippen LogP contribution in [0.5, 0.6) is 0 Å². The number of nitrogens with one attached hydrogen (secondary N) is 1. The van der Waals surface area contributed by atoms with E-state index >= 15 is 0 Å². The van der Waals surface area contributed by atoms with E-state index in [0.29, 0.717) is 12.2 Å². The molecule has 0 saturated heterocycles. The minimum absolute atomic E-state index is 0.119. The van der Waals surface area contributed by atoms with Gasteiger partial charge < -0.3 is 11.1 Å². The average molecular weight is 265 g/mol. The zero-order valence-electron chi connectivity index (χ0n) is 11.0. The number of benzene rings is 1. The molecule has 0 saturated carbocycles. The van der Waals surface area contributed by atoms with Crippen molar-refractivity contribution in [3.8, 4) is 0 Å². The summed E-state index contributed by atoms with van der Waals surface area (Å²) in [5.74, 6) is -0.669. The summed E-state index contributed by atoms with van der Waals surface area (Å²) in [6.07, 6.45) is 4.36. The van der Waals surface area contributed by atoms with E-state index in [4.69, 9.17) is 5.73 Å². The van der Waals surface area contributed by atoms with Gasteiger partial charge in [0.2, 0.25) is 5.91 Å². The maximum Gasteiger partial charge on any atom is 0.293 e. The van der Waals surface area contributed by atoms with Crippen LogP contribution in [0.4, 0.5) is 11.4 Å². The van der Waals surface area contributed by atoms with Crippen LogP contribution in [-0.2, 0) is 0 Å². The summed E-state index contributed by atoms with van der Waals surface area (Å²) in [7, 11) is 0. The van der Waals surface area contributed by atoms with E-state index in [9.17, 15) is 14.9 Å². The highest BCUT2D eigenvalue weighted by atomic mass is 16.6. The van der Waals surface area contributed by atoms with Gasteiger partial charge in [-0.3, -0.25) is 14.9 Å². The third-order valence-corrected chi connectivity index (χ3v) is 2.82. The predicted molar refractivity (Wildman–Crippen MR) is 74.2 cm³/mol. The van der Waals surface area contributed by atoms with Gasteiger partial charge in [0.1, 0.15) is 5.69 Å². The summed E-state index contributed by atoms with van der Waals surface area (Å²) in [6, 6.07) is 4.22. The van der Waals surface area contributed by atoms with Crippen molar-refractivity contribution in [1.29, 1.82) is 0 Å². The second-order valence-electron chi connectivity index (χ2n) is 4.34. The molecular weight excluding hydrogens is 246 g/mol. The summed E-state index contributed by atoms with van der Waals surface area (Å²) in [5, 5.41) is 14.0. The Labute approximate surface area is 112 Å². The van der Waals surface area contributed by atoms with Gasteiger partial charge in [-0.15, -0.1) is 0 Å². The van der Waals surface area contributed by atoms with Crippen LogP contribution in [0, 0.1) is 10.1 Å². The maximum absolute atomic E-state index is 11.0. The van der Waals surface area contributed by atoms with Gasteiger partial charge in [-0.25, -0.2) is 0 Å². The molecule has 0 unspecified atom stereocenters. The summed E-state index contributed by atoms with van der Waals surface area (Å²) >= 11 is 0. The van der Waals surface area contributed by atoms with E-state index in [1.165, 1.54) is 18.2 Å². The average Bonchev–Trinajstić information content (AvgIpc) is 2.38. The van der Waals surface area contributed by atoms with Crippen LogP contribution in [0.3, 0.4) is 0 Å². The smallest absolute Gasteiger partial charge is 0.293 e. The second-order valence-corrected chi connectivity index (χ2v) is 4.34. The Bertz CT molecular complexity index is 460. The van der Waals surface area contributed by atoms with Crippen LogP contribution in [0.25, 0.3) is 0 Å². The molecule has 0 radical (unpaired) electrons. The molecule has 104 valence electrons. The first-order valence-electron chi connectivity index (χ1n) is 6.38. The fourth-order valence-corrected chi connectivity index (χ4v) is 1.76. The van der Waals surface area contributed by atoms with E-state index in [2.05, 4.69) is 12.2 Å². The van der Waals surface area contributed by atoms with Crippen molar-refractivity contribution >= 4 is 17.3 Å². The molecule has 0 spiro atoms. The number of nitrogens with two attached hydrogens (primary N) is 1. The molecule has 1 amide bonds. The Balaban J connectivity index is 2.71. The van der Waals surface area contributed by atoms with E-state index in [1.54, 1.807) is 0 Å². The van der Waals surface area contributed by atoms with Crippen LogP contribution in [0.2, 0.25) is 0 Å². The normalized spacial score (nSPS) is 10.2. The molecule has 0 fully saturated rings. The van der Waals surface area contributed by atoms with Crippen LogP contribution in [0.15, 0.2) is 18.2 Å². The number of hydrogen-bond donors (Lipinski definition) is 2. The highest BCUT2D eigenvalue weighted by Crippen LogP contribution is 2.25. The van der Waals surface area contributed by atoms with E-state index in [-0.39, 0.29) is 11.3 Å². The van der Waals surface area contributed by atoms with E-state index < -0.39 is 10.8 Å². The Morgan fingerprint density at radius 3 is 2.68 bits per heavy atom. The van der Waals surface area contributed by atoms with Crippen molar-refractivity contribution in [2.75, 3.05) is 11.9 Å². The second kappa shape index (κ2) is 7.35. The lowest BCUT2D eigenvalue weighted by Crippen LogP contribution is -2.12. The van der Waals surface area contributed by atoms with Gasteiger partial charge in [-0.05, 0) is 18.6 Å². The zero-order chi connectivity index (χ0) is 14.3. The van der Waals surface area contributed by atoms with Crippen molar-refractivity contribution in [2.45, 2.75) is 32.6 Å². The molecule has 19 heavy (non-hydrogen) atoms. The number of amides is 1. The van der Waals surface area contributed by atoms with Crippen LogP contribution >= 0.6 is 0 Å². The Morgan fingerprint density at radius 2 is 2.11 bits per heavy atom. The van der Waals surface area contributed by atoms with Crippen LogP contribution in [0.1, 0.15) is 43.0 Å². The van der Waals surface area contributed by atoms with Crippen molar-refractivity contribution < 1.29 is 9.72 Å². The van der Waals surface area contributed by atoms with Gasteiger partial charge in [-0.1, -0.05) is 26.2 Å². The largest absolute Gasteiger partial charge is 0.379 e. The summed E-state index contributed by atoms with van der Waals surface area (Å²) in [5.41, 5.74) is 5.55. The quantitative estimate of drug-likeness (QED) is 0.429. The lowest BCUT2D eigenvalue weighted by Gasteiger charge is -2.07. The van der Waals surface area contributed by atoms with Gasteiger partial charge in [0.15, 0.2) is 0 Å². The minimum Gasteiger partial charge on any atom is -0.379 e. The van der Waals surface area contributed by atoms with Gasteiger partial charge in [0, 0.05) is 18.2 Å². The number of carbonyl (C=O) groups is 1. The summed E-state index contributed by atoms with van der Waals surface area (Å²) in [4.78, 5) is 21.4. The highest BCUT2D eigenvalue weighted by molar-refractivity contribution is 5.94. The number of nitro benzene ring substituents is 1. The number of unbranched alkanes of at least 4 members (excludes halogenated alkanes) is 3. The summed E-state index contributed by atoms with van der Waals surface area (Å²) < 4.78 is 0. The fraction of sp³-hybridized carbons (Fsp3) is 0.462. The molecule has 0 aliphatic carbocycles. The van der Waals surface area contributed by atoms with Crippen molar-refractivity contribution in [2.24, 2.45) is 5.73 Å². The SMILES string of the molecule is CCCCCCNc1ccc(C(N)=O)cc1[N+](=O)[O-]. The first-order chi connectivity index (χ1) is 9.06.